The zero-order chi connectivity index (χ0) is 24.1. The molecule has 9 heteroatoms. The van der Waals surface area contributed by atoms with Gasteiger partial charge < -0.3 is 19.9 Å². The monoisotopic (exact) mass is 486 g/mol. The van der Waals surface area contributed by atoms with E-state index in [-0.39, 0.29) is 29.2 Å². The molecule has 0 spiro atoms. The Labute approximate surface area is 205 Å². The Hall–Kier alpha value is -2.84. The highest BCUT2D eigenvalue weighted by molar-refractivity contribution is 6.30. The maximum Gasteiger partial charge on any atom is 0.272 e. The second-order valence-electron chi connectivity index (χ2n) is 9.03. The Balaban J connectivity index is 1.16. The van der Waals surface area contributed by atoms with Gasteiger partial charge in [-0.1, -0.05) is 11.6 Å². The number of carbonyl (C=O) groups is 1. The first-order chi connectivity index (χ1) is 16.4. The number of ether oxygens (including phenoxy) is 1. The number of carbonyl (C=O) groups excluding carboxylic acids is 1. The number of hydrogen-bond donors (Lipinski definition) is 1. The highest BCUT2D eigenvalue weighted by Gasteiger charge is 2.25. The molecule has 1 saturated heterocycles. The Morgan fingerprint density at radius 3 is 2.38 bits per heavy atom. The summed E-state index contributed by atoms with van der Waals surface area (Å²) in [6.07, 6.45) is 3.75. The van der Waals surface area contributed by atoms with Gasteiger partial charge in [0.2, 0.25) is 5.91 Å². The van der Waals surface area contributed by atoms with Crippen molar-refractivity contribution >= 4 is 34.6 Å². The lowest BCUT2D eigenvalue weighted by atomic mass is 9.92. The van der Waals surface area contributed by atoms with Crippen molar-refractivity contribution in [3.8, 4) is 0 Å². The van der Waals surface area contributed by atoms with E-state index in [0.717, 1.165) is 55.2 Å². The molecule has 1 amide bonds. The van der Waals surface area contributed by atoms with Crippen LogP contribution >= 0.6 is 11.6 Å². The predicted molar refractivity (Wildman–Crippen MR) is 134 cm³/mol. The highest BCUT2D eigenvalue weighted by atomic mass is 35.5. The van der Waals surface area contributed by atoms with Crippen molar-refractivity contribution in [2.75, 3.05) is 43.0 Å². The Bertz CT molecular complexity index is 1000. The zero-order valence-electron chi connectivity index (χ0n) is 19.4. The molecule has 1 aliphatic carbocycles. The molecule has 34 heavy (non-hydrogen) atoms. The lowest BCUT2D eigenvalue weighted by molar-refractivity contribution is -0.385. The van der Waals surface area contributed by atoms with Crippen molar-refractivity contribution in [1.29, 1.82) is 0 Å². The van der Waals surface area contributed by atoms with Gasteiger partial charge in [0.15, 0.2) is 0 Å². The van der Waals surface area contributed by atoms with E-state index in [1.165, 1.54) is 0 Å². The van der Waals surface area contributed by atoms with Crippen LogP contribution in [0.1, 0.15) is 31.2 Å². The van der Waals surface area contributed by atoms with Crippen molar-refractivity contribution in [2.45, 2.75) is 44.8 Å². The fraction of sp³-hybridized carbons (Fsp3) is 0.480. The van der Waals surface area contributed by atoms with Crippen molar-refractivity contribution in [2.24, 2.45) is 0 Å². The third-order valence-corrected chi connectivity index (χ3v) is 6.96. The van der Waals surface area contributed by atoms with Crippen LogP contribution in [-0.4, -0.2) is 60.7 Å². The molecule has 0 atom stereocenters. The summed E-state index contributed by atoms with van der Waals surface area (Å²) in [5, 5.41) is 15.2. The fourth-order valence-corrected chi connectivity index (χ4v) is 4.83. The smallest absolute Gasteiger partial charge is 0.272 e. The first kappa shape index (κ1) is 24.3. The Kier molecular flexibility index (Phi) is 7.90. The fourth-order valence-electron chi connectivity index (χ4n) is 4.71. The molecular formula is C25H31ClN4O4. The van der Waals surface area contributed by atoms with Crippen LogP contribution in [0.25, 0.3) is 0 Å². The van der Waals surface area contributed by atoms with Crippen LogP contribution in [0, 0.1) is 17.0 Å². The minimum atomic E-state index is -0.359. The number of nitro groups is 1. The van der Waals surface area contributed by atoms with E-state index in [0.29, 0.717) is 24.7 Å². The topological polar surface area (TPSA) is 88.0 Å². The van der Waals surface area contributed by atoms with Gasteiger partial charge in [0.1, 0.15) is 6.61 Å². The van der Waals surface area contributed by atoms with E-state index in [2.05, 4.69) is 10.2 Å². The molecule has 0 aromatic heterocycles. The molecule has 2 fully saturated rings. The van der Waals surface area contributed by atoms with Crippen LogP contribution in [0.3, 0.4) is 0 Å². The number of benzene rings is 2. The molecule has 182 valence electrons. The second kappa shape index (κ2) is 11.1. The summed E-state index contributed by atoms with van der Waals surface area (Å²) in [6, 6.07) is 13.2. The third kappa shape index (κ3) is 6.18. The molecule has 2 aromatic rings. The van der Waals surface area contributed by atoms with E-state index in [1.807, 2.05) is 35.2 Å². The van der Waals surface area contributed by atoms with E-state index in [1.54, 1.807) is 19.1 Å². The van der Waals surface area contributed by atoms with Crippen molar-refractivity contribution in [1.82, 2.24) is 4.90 Å². The minimum absolute atomic E-state index is 0.0531. The van der Waals surface area contributed by atoms with E-state index >= 15 is 0 Å². The quantitative estimate of drug-likeness (QED) is 0.453. The number of nitrogens with zero attached hydrogens (tertiary/aromatic N) is 3. The van der Waals surface area contributed by atoms with Gasteiger partial charge in [-0.3, -0.25) is 14.9 Å². The molecule has 1 N–H and O–H groups in total. The molecule has 2 aliphatic rings. The summed E-state index contributed by atoms with van der Waals surface area (Å²) in [5.41, 5.74) is 2.82. The van der Waals surface area contributed by atoms with Gasteiger partial charge in [-0.25, -0.2) is 0 Å². The van der Waals surface area contributed by atoms with Gasteiger partial charge in [0.05, 0.1) is 11.0 Å². The van der Waals surface area contributed by atoms with Crippen molar-refractivity contribution < 1.29 is 14.5 Å². The number of halogens is 1. The number of hydrogen-bond acceptors (Lipinski definition) is 6. The van der Waals surface area contributed by atoms with Gasteiger partial charge in [-0.15, -0.1) is 0 Å². The number of rotatable bonds is 7. The molecule has 1 heterocycles. The normalized spacial score (nSPS) is 20.8. The molecule has 1 aliphatic heterocycles. The Morgan fingerprint density at radius 2 is 1.76 bits per heavy atom. The molecule has 4 rings (SSSR count). The molecule has 0 radical (unpaired) electrons. The SMILES string of the molecule is Cc1cc(N[C@H]2CC[C@H](OCC(=O)N3CCN(c4ccc(Cl)cc4)CC3)CC2)ccc1[N+](=O)[O-]. The van der Waals surface area contributed by atoms with Gasteiger partial charge in [0, 0.05) is 60.2 Å². The number of anilines is 2. The Morgan fingerprint density at radius 1 is 1.09 bits per heavy atom. The van der Waals surface area contributed by atoms with Gasteiger partial charge >= 0.3 is 0 Å². The summed E-state index contributed by atoms with van der Waals surface area (Å²) >= 11 is 5.97. The van der Waals surface area contributed by atoms with E-state index < -0.39 is 0 Å². The standard InChI is InChI=1S/C25H31ClN4O4/c1-18-16-21(6-11-24(18)30(32)33)27-20-4-9-23(10-5-20)34-17-25(31)29-14-12-28(13-15-29)22-7-2-19(26)3-8-22/h2-3,6-8,11,16,20,23,27H,4-5,9-10,12-15,17H2,1H3/t20-,23-. The third-order valence-electron chi connectivity index (χ3n) is 6.71. The highest BCUT2D eigenvalue weighted by Crippen LogP contribution is 2.27. The zero-order valence-corrected chi connectivity index (χ0v) is 20.2. The summed E-state index contributed by atoms with van der Waals surface area (Å²) in [4.78, 5) is 27.4. The van der Waals surface area contributed by atoms with Crippen LogP contribution < -0.4 is 10.2 Å². The van der Waals surface area contributed by atoms with Crippen molar-refractivity contribution in [3.05, 3.63) is 63.2 Å². The average Bonchev–Trinajstić information content (AvgIpc) is 2.84. The first-order valence-electron chi connectivity index (χ1n) is 11.8. The molecular weight excluding hydrogens is 456 g/mol. The second-order valence-corrected chi connectivity index (χ2v) is 9.47. The minimum Gasteiger partial charge on any atom is -0.382 e. The first-order valence-corrected chi connectivity index (χ1v) is 12.2. The van der Waals surface area contributed by atoms with Crippen LogP contribution in [0.15, 0.2) is 42.5 Å². The molecule has 2 aromatic carbocycles. The molecule has 1 saturated carbocycles. The summed E-state index contributed by atoms with van der Waals surface area (Å²) in [5.74, 6) is 0.0531. The van der Waals surface area contributed by atoms with Crippen LogP contribution in [0.4, 0.5) is 17.1 Å². The number of aryl methyl sites for hydroxylation is 1. The van der Waals surface area contributed by atoms with Crippen LogP contribution in [0.5, 0.6) is 0 Å². The lowest BCUT2D eigenvalue weighted by Crippen LogP contribution is -2.50. The lowest BCUT2D eigenvalue weighted by Gasteiger charge is -2.36. The van der Waals surface area contributed by atoms with Gasteiger partial charge in [-0.2, -0.15) is 0 Å². The van der Waals surface area contributed by atoms with E-state index in [9.17, 15) is 14.9 Å². The van der Waals surface area contributed by atoms with Crippen molar-refractivity contribution in [3.63, 3.8) is 0 Å². The molecule has 0 unspecified atom stereocenters. The van der Waals surface area contributed by atoms with Gasteiger partial charge in [0.25, 0.3) is 5.69 Å². The largest absolute Gasteiger partial charge is 0.382 e. The van der Waals surface area contributed by atoms with Gasteiger partial charge in [-0.05, 0) is 69.0 Å². The summed E-state index contributed by atoms with van der Waals surface area (Å²) < 4.78 is 5.96. The van der Waals surface area contributed by atoms with Crippen LogP contribution in [0.2, 0.25) is 5.02 Å². The van der Waals surface area contributed by atoms with Crippen LogP contribution in [-0.2, 0) is 9.53 Å². The molecule has 8 nitrogen and oxygen atoms in total. The summed E-state index contributed by atoms with van der Waals surface area (Å²) in [6.45, 7) is 4.86. The summed E-state index contributed by atoms with van der Waals surface area (Å²) in [7, 11) is 0. The predicted octanol–water partition coefficient (Wildman–Crippen LogP) is 4.65. The van der Waals surface area contributed by atoms with E-state index in [4.69, 9.17) is 16.3 Å². The number of amides is 1. The molecule has 0 bridgehead atoms. The maximum absolute atomic E-state index is 12.6. The number of piperazine rings is 1. The number of nitro benzene ring substituents is 1. The number of nitrogens with one attached hydrogen (secondary N) is 1. The maximum atomic E-state index is 12.6. The average molecular weight is 487 g/mol.